The van der Waals surface area contributed by atoms with Crippen molar-refractivity contribution >= 4 is 5.97 Å². The number of carbonyl (C=O) groups is 1. The lowest BCUT2D eigenvalue weighted by molar-refractivity contribution is -0.139. The van der Waals surface area contributed by atoms with Crippen LogP contribution < -0.4 is 0 Å². The highest BCUT2D eigenvalue weighted by Gasteiger charge is 2.48. The highest BCUT2D eigenvalue weighted by atomic mass is 16.5. The molecule has 0 aromatic carbocycles. The number of ether oxygens (including phenoxy) is 1. The number of allylic oxidation sites excluding steroid dienone is 3. The molecule has 2 aliphatic carbocycles. The lowest BCUT2D eigenvalue weighted by atomic mass is 10.0. The summed E-state index contributed by atoms with van der Waals surface area (Å²) in [5, 5.41) is 0. The average Bonchev–Trinajstić information content (AvgIpc) is 2.63. The quantitative estimate of drug-likeness (QED) is 0.582. The van der Waals surface area contributed by atoms with Crippen molar-refractivity contribution in [2.75, 3.05) is 6.61 Å². The van der Waals surface area contributed by atoms with Crippen molar-refractivity contribution in [1.29, 1.82) is 0 Å². The molecule has 0 heterocycles. The van der Waals surface area contributed by atoms with Gasteiger partial charge >= 0.3 is 5.97 Å². The van der Waals surface area contributed by atoms with E-state index in [1.165, 1.54) is 0 Å². The second-order valence-corrected chi connectivity index (χ2v) is 3.32. The van der Waals surface area contributed by atoms with Gasteiger partial charge in [0, 0.05) is 11.0 Å². The second kappa shape index (κ2) is 2.47. The van der Waals surface area contributed by atoms with Crippen molar-refractivity contribution < 1.29 is 9.53 Å². The minimum atomic E-state index is -0.139. The zero-order valence-corrected chi connectivity index (χ0v) is 7.17. The fraction of sp³-hybridized carbons (Fsp3) is 0.500. The Kier molecular flexibility index (Phi) is 1.56. The Morgan fingerprint density at radius 2 is 2.42 bits per heavy atom. The predicted octanol–water partition coefficient (Wildman–Crippen LogP) is 1.83. The smallest absolute Gasteiger partial charge is 0.334 e. The summed E-state index contributed by atoms with van der Waals surface area (Å²) in [5.41, 5.74) is 0.941. The molecule has 2 aliphatic rings. The number of carbonyl (C=O) groups excluding carboxylic acids is 1. The standard InChI is InChI=1S/C10H12O2/c1-2-12-9(11)8-4-3-5-10(8)6-7-10/h3-5H,2,6-7H2,1H3. The molecule has 0 radical (unpaired) electrons. The summed E-state index contributed by atoms with van der Waals surface area (Å²) >= 11 is 0. The first kappa shape index (κ1) is 7.59. The van der Waals surface area contributed by atoms with Crippen LogP contribution in [0.3, 0.4) is 0 Å². The van der Waals surface area contributed by atoms with Crippen LogP contribution in [0.15, 0.2) is 23.8 Å². The first-order chi connectivity index (χ1) is 5.78. The van der Waals surface area contributed by atoms with E-state index in [2.05, 4.69) is 6.08 Å². The van der Waals surface area contributed by atoms with Crippen molar-refractivity contribution in [3.63, 3.8) is 0 Å². The molecule has 0 aromatic heterocycles. The van der Waals surface area contributed by atoms with Crippen molar-refractivity contribution in [3.05, 3.63) is 23.8 Å². The van der Waals surface area contributed by atoms with Crippen LogP contribution in [0, 0.1) is 5.41 Å². The summed E-state index contributed by atoms with van der Waals surface area (Å²) in [6.07, 6.45) is 8.16. The summed E-state index contributed by atoms with van der Waals surface area (Å²) < 4.78 is 4.95. The van der Waals surface area contributed by atoms with Gasteiger partial charge in [-0.2, -0.15) is 0 Å². The molecule has 0 aliphatic heterocycles. The van der Waals surface area contributed by atoms with Gasteiger partial charge in [0.2, 0.25) is 0 Å². The van der Waals surface area contributed by atoms with E-state index in [4.69, 9.17) is 4.74 Å². The van der Waals surface area contributed by atoms with Crippen LogP contribution in [0.4, 0.5) is 0 Å². The van der Waals surface area contributed by atoms with Crippen molar-refractivity contribution in [1.82, 2.24) is 0 Å². The van der Waals surface area contributed by atoms with E-state index in [1.54, 1.807) is 0 Å². The Morgan fingerprint density at radius 3 is 3.00 bits per heavy atom. The molecule has 0 atom stereocenters. The molecule has 0 aromatic rings. The average molecular weight is 164 g/mol. The first-order valence-electron chi connectivity index (χ1n) is 4.36. The SMILES string of the molecule is CCOC(=O)C1=CC=CC12CC2. The van der Waals surface area contributed by atoms with E-state index in [1.807, 2.05) is 19.1 Å². The fourth-order valence-corrected chi connectivity index (χ4v) is 1.64. The van der Waals surface area contributed by atoms with Gasteiger partial charge in [0.15, 0.2) is 0 Å². The molecule has 2 nitrogen and oxygen atoms in total. The van der Waals surface area contributed by atoms with E-state index in [0.29, 0.717) is 6.61 Å². The van der Waals surface area contributed by atoms with Crippen molar-refractivity contribution in [2.45, 2.75) is 19.8 Å². The lowest BCUT2D eigenvalue weighted by Crippen LogP contribution is -2.13. The van der Waals surface area contributed by atoms with Gasteiger partial charge in [-0.05, 0) is 19.8 Å². The zero-order valence-electron chi connectivity index (χ0n) is 7.17. The highest BCUT2D eigenvalue weighted by Crippen LogP contribution is 2.55. The van der Waals surface area contributed by atoms with Crippen LogP contribution in [-0.2, 0) is 9.53 Å². The summed E-state index contributed by atoms with van der Waals surface area (Å²) in [6, 6.07) is 0. The molecule has 0 amide bonds. The third-order valence-corrected chi connectivity index (χ3v) is 2.50. The molecule has 0 saturated heterocycles. The molecular weight excluding hydrogens is 152 g/mol. The van der Waals surface area contributed by atoms with Crippen LogP contribution in [-0.4, -0.2) is 12.6 Å². The number of hydrogen-bond acceptors (Lipinski definition) is 2. The number of rotatable bonds is 2. The second-order valence-electron chi connectivity index (χ2n) is 3.32. The summed E-state index contributed by atoms with van der Waals surface area (Å²) in [4.78, 5) is 11.4. The first-order valence-corrected chi connectivity index (χ1v) is 4.36. The summed E-state index contributed by atoms with van der Waals surface area (Å²) in [5.74, 6) is -0.139. The van der Waals surface area contributed by atoms with Crippen LogP contribution in [0.25, 0.3) is 0 Å². The maximum atomic E-state index is 11.4. The topological polar surface area (TPSA) is 26.3 Å². The summed E-state index contributed by atoms with van der Waals surface area (Å²) in [7, 11) is 0. The Bertz CT molecular complexity index is 270. The molecule has 64 valence electrons. The maximum absolute atomic E-state index is 11.4. The largest absolute Gasteiger partial charge is 0.463 e. The molecule has 1 fully saturated rings. The minimum absolute atomic E-state index is 0.0895. The maximum Gasteiger partial charge on any atom is 0.334 e. The molecule has 1 saturated carbocycles. The molecule has 1 spiro atoms. The zero-order chi connectivity index (χ0) is 8.60. The molecule has 0 unspecified atom stereocenters. The van der Waals surface area contributed by atoms with Crippen molar-refractivity contribution in [2.24, 2.45) is 5.41 Å². The Morgan fingerprint density at radius 1 is 1.67 bits per heavy atom. The number of hydrogen-bond donors (Lipinski definition) is 0. The van der Waals surface area contributed by atoms with Gasteiger partial charge in [0.05, 0.1) is 6.61 Å². The molecule has 0 N–H and O–H groups in total. The van der Waals surface area contributed by atoms with Crippen LogP contribution in [0.2, 0.25) is 0 Å². The predicted molar refractivity (Wildman–Crippen MR) is 45.5 cm³/mol. The number of esters is 1. The molecule has 2 rings (SSSR count). The van der Waals surface area contributed by atoms with Gasteiger partial charge in [-0.25, -0.2) is 4.79 Å². The molecule has 2 heteroatoms. The van der Waals surface area contributed by atoms with E-state index < -0.39 is 0 Å². The summed E-state index contributed by atoms with van der Waals surface area (Å²) in [6.45, 7) is 2.30. The minimum Gasteiger partial charge on any atom is -0.463 e. The third-order valence-electron chi connectivity index (χ3n) is 2.50. The van der Waals surface area contributed by atoms with E-state index in [-0.39, 0.29) is 11.4 Å². The third kappa shape index (κ3) is 0.986. The van der Waals surface area contributed by atoms with Gasteiger partial charge < -0.3 is 4.74 Å². The van der Waals surface area contributed by atoms with Crippen LogP contribution >= 0.6 is 0 Å². The van der Waals surface area contributed by atoms with Gasteiger partial charge in [0.25, 0.3) is 0 Å². The highest BCUT2D eigenvalue weighted by molar-refractivity contribution is 5.92. The van der Waals surface area contributed by atoms with Gasteiger partial charge in [-0.15, -0.1) is 0 Å². The van der Waals surface area contributed by atoms with Crippen LogP contribution in [0.1, 0.15) is 19.8 Å². The fourth-order valence-electron chi connectivity index (χ4n) is 1.64. The molecule has 0 bridgehead atoms. The van der Waals surface area contributed by atoms with E-state index >= 15 is 0 Å². The van der Waals surface area contributed by atoms with E-state index in [9.17, 15) is 4.79 Å². The lowest BCUT2D eigenvalue weighted by Gasteiger charge is -2.09. The normalized spacial score (nSPS) is 22.6. The van der Waals surface area contributed by atoms with Gasteiger partial charge in [-0.1, -0.05) is 18.2 Å². The Balaban J connectivity index is 2.10. The van der Waals surface area contributed by atoms with Gasteiger partial charge in [-0.3, -0.25) is 0 Å². The Hall–Kier alpha value is -1.05. The monoisotopic (exact) mass is 164 g/mol. The Labute approximate surface area is 71.9 Å². The molecule has 12 heavy (non-hydrogen) atoms. The van der Waals surface area contributed by atoms with Crippen molar-refractivity contribution in [3.8, 4) is 0 Å². The van der Waals surface area contributed by atoms with Gasteiger partial charge in [0.1, 0.15) is 0 Å². The van der Waals surface area contributed by atoms with E-state index in [0.717, 1.165) is 18.4 Å². The van der Waals surface area contributed by atoms with Crippen LogP contribution in [0.5, 0.6) is 0 Å². The molecular formula is C10H12O2.